The van der Waals surface area contributed by atoms with E-state index in [0.29, 0.717) is 30.7 Å². The predicted octanol–water partition coefficient (Wildman–Crippen LogP) is 0.664. The van der Waals surface area contributed by atoms with E-state index in [1.165, 1.54) is 18.1 Å². The maximum atomic E-state index is 13.1. The number of carbonyl (C=O) groups excluding carboxylic acids is 3. The van der Waals surface area contributed by atoms with Crippen molar-refractivity contribution in [2.75, 3.05) is 12.0 Å². The van der Waals surface area contributed by atoms with E-state index in [1.54, 1.807) is 13.1 Å². The van der Waals surface area contributed by atoms with Crippen molar-refractivity contribution in [2.45, 2.75) is 77.5 Å². The maximum Gasteiger partial charge on any atom is 0.326 e. The molecule has 5 unspecified atom stereocenters. The third-order valence-corrected chi connectivity index (χ3v) is 6.34. The van der Waals surface area contributed by atoms with Crippen LogP contribution in [0.3, 0.4) is 0 Å². The van der Waals surface area contributed by atoms with Gasteiger partial charge >= 0.3 is 5.97 Å². The molecule has 0 saturated heterocycles. The molecule has 1 heterocycles. The molecule has 35 heavy (non-hydrogen) atoms. The Hall–Kier alpha value is -2.60. The first-order valence-electron chi connectivity index (χ1n) is 11.9. The number of carbonyl (C=O) groups is 4. The van der Waals surface area contributed by atoms with Gasteiger partial charge in [0.15, 0.2) is 0 Å². The Bertz CT molecular complexity index is 819. The van der Waals surface area contributed by atoms with Gasteiger partial charge in [-0.25, -0.2) is 9.78 Å². The maximum absolute atomic E-state index is 13.1. The van der Waals surface area contributed by atoms with Crippen molar-refractivity contribution in [2.24, 2.45) is 17.6 Å². The second-order valence-corrected chi connectivity index (χ2v) is 10.1. The molecule has 1 aromatic heterocycles. The first-order chi connectivity index (χ1) is 16.5. The summed E-state index contributed by atoms with van der Waals surface area (Å²) in [5.74, 6) is -2.32. The van der Waals surface area contributed by atoms with Crippen LogP contribution in [0.2, 0.25) is 0 Å². The lowest BCUT2D eigenvalue weighted by molar-refractivity contribution is -0.144. The first kappa shape index (κ1) is 30.4. The molecule has 0 spiro atoms. The van der Waals surface area contributed by atoms with Crippen LogP contribution in [0.5, 0.6) is 0 Å². The number of amides is 3. The number of nitrogens with zero attached hydrogens (tertiary/aromatic N) is 1. The highest BCUT2D eigenvalue weighted by Gasteiger charge is 2.32. The number of H-pyrrole nitrogens is 1. The molecule has 7 N–H and O–H groups in total. The van der Waals surface area contributed by atoms with Crippen LogP contribution in [0.1, 0.15) is 52.7 Å². The molecular formula is C23H40N6O5S. The number of nitrogens with one attached hydrogen (secondary N) is 4. The highest BCUT2D eigenvalue weighted by Crippen LogP contribution is 2.11. The number of nitrogens with two attached hydrogens (primary N) is 1. The molecule has 12 heteroatoms. The van der Waals surface area contributed by atoms with E-state index >= 15 is 0 Å². The lowest BCUT2D eigenvalue weighted by Crippen LogP contribution is -2.58. The van der Waals surface area contributed by atoms with Crippen molar-refractivity contribution in [3.8, 4) is 0 Å². The highest BCUT2D eigenvalue weighted by atomic mass is 32.2. The van der Waals surface area contributed by atoms with Crippen molar-refractivity contribution >= 4 is 35.5 Å². The Balaban J connectivity index is 2.94. The molecule has 11 nitrogen and oxygen atoms in total. The molecule has 0 aliphatic heterocycles. The van der Waals surface area contributed by atoms with Crippen molar-refractivity contribution in [3.63, 3.8) is 0 Å². The van der Waals surface area contributed by atoms with Gasteiger partial charge in [0.05, 0.1) is 12.4 Å². The van der Waals surface area contributed by atoms with Crippen LogP contribution in [-0.2, 0) is 25.6 Å². The number of carboxylic acid groups (broad SMARTS) is 1. The van der Waals surface area contributed by atoms with E-state index in [-0.39, 0.29) is 18.3 Å². The van der Waals surface area contributed by atoms with Crippen molar-refractivity contribution in [3.05, 3.63) is 18.2 Å². The molecule has 0 fully saturated rings. The van der Waals surface area contributed by atoms with E-state index in [1.807, 2.05) is 27.0 Å². The van der Waals surface area contributed by atoms with E-state index < -0.39 is 47.9 Å². The number of thioether (sulfide) groups is 1. The molecule has 1 aromatic rings. The molecular weight excluding hydrogens is 472 g/mol. The lowest BCUT2D eigenvalue weighted by atomic mass is 9.97. The van der Waals surface area contributed by atoms with Gasteiger partial charge in [-0.2, -0.15) is 11.8 Å². The topological polar surface area (TPSA) is 179 Å². The minimum atomic E-state index is -1.13. The van der Waals surface area contributed by atoms with Gasteiger partial charge < -0.3 is 31.8 Å². The summed E-state index contributed by atoms with van der Waals surface area (Å²) in [6.07, 6.45) is 6.40. The Morgan fingerprint density at radius 3 is 2.23 bits per heavy atom. The van der Waals surface area contributed by atoms with E-state index in [0.717, 1.165) is 0 Å². The van der Waals surface area contributed by atoms with Crippen LogP contribution in [0.15, 0.2) is 12.5 Å². The van der Waals surface area contributed by atoms with E-state index in [4.69, 9.17) is 5.73 Å². The van der Waals surface area contributed by atoms with E-state index in [2.05, 4.69) is 25.9 Å². The van der Waals surface area contributed by atoms with Gasteiger partial charge in [-0.3, -0.25) is 14.4 Å². The van der Waals surface area contributed by atoms with Crippen LogP contribution in [0.4, 0.5) is 0 Å². The number of rotatable bonds is 16. The van der Waals surface area contributed by atoms with Gasteiger partial charge in [0.1, 0.15) is 18.1 Å². The van der Waals surface area contributed by atoms with Crippen LogP contribution < -0.4 is 21.7 Å². The summed E-state index contributed by atoms with van der Waals surface area (Å²) in [6.45, 7) is 7.39. The number of aliphatic carboxylic acids is 1. The van der Waals surface area contributed by atoms with Crippen molar-refractivity contribution < 1.29 is 24.3 Å². The number of aromatic amines is 1. The third-order valence-electron chi connectivity index (χ3n) is 5.69. The van der Waals surface area contributed by atoms with Gasteiger partial charge in [-0.05, 0) is 36.7 Å². The molecule has 1 rings (SSSR count). The standard InChI is InChI=1S/C23H40N6O5S/c1-6-14(4)19(23(33)34)29-22(32)18(9-13(2)3)28-21(31)17(7-8-35-5)27-20(30)16(24)10-15-11-25-12-26-15/h11-14,16-19H,6-10,24H2,1-5H3,(H,25,26)(H,27,30)(H,28,31)(H,29,32)(H,33,34). The fourth-order valence-corrected chi connectivity index (χ4v) is 3.89. The molecule has 0 aromatic carbocycles. The molecule has 0 bridgehead atoms. The summed E-state index contributed by atoms with van der Waals surface area (Å²) < 4.78 is 0. The number of hydrogen-bond donors (Lipinski definition) is 6. The number of aromatic nitrogens is 2. The molecule has 0 radical (unpaired) electrons. The fraction of sp³-hybridized carbons (Fsp3) is 0.696. The van der Waals surface area contributed by atoms with Gasteiger partial charge in [0.25, 0.3) is 0 Å². The Morgan fingerprint density at radius 1 is 1.09 bits per heavy atom. The molecule has 0 aliphatic carbocycles. The Morgan fingerprint density at radius 2 is 1.71 bits per heavy atom. The van der Waals surface area contributed by atoms with Gasteiger partial charge in [-0.1, -0.05) is 34.1 Å². The Kier molecular flexibility index (Phi) is 13.4. The Labute approximate surface area is 211 Å². The normalized spacial score (nSPS) is 15.5. The molecule has 3 amide bonds. The van der Waals surface area contributed by atoms with Crippen LogP contribution in [0.25, 0.3) is 0 Å². The summed E-state index contributed by atoms with van der Waals surface area (Å²) in [6, 6.07) is -3.79. The monoisotopic (exact) mass is 512 g/mol. The number of hydrogen-bond acceptors (Lipinski definition) is 7. The van der Waals surface area contributed by atoms with Gasteiger partial charge in [0, 0.05) is 18.3 Å². The summed E-state index contributed by atoms with van der Waals surface area (Å²) in [4.78, 5) is 57.2. The molecule has 0 saturated carbocycles. The van der Waals surface area contributed by atoms with Crippen molar-refractivity contribution in [1.29, 1.82) is 0 Å². The average molecular weight is 513 g/mol. The zero-order valence-corrected chi connectivity index (χ0v) is 22.0. The lowest BCUT2D eigenvalue weighted by Gasteiger charge is -2.27. The van der Waals surface area contributed by atoms with Gasteiger partial charge in [0.2, 0.25) is 17.7 Å². The minimum Gasteiger partial charge on any atom is -0.480 e. The second-order valence-electron chi connectivity index (χ2n) is 9.13. The predicted molar refractivity (Wildman–Crippen MR) is 136 cm³/mol. The van der Waals surface area contributed by atoms with Crippen molar-refractivity contribution in [1.82, 2.24) is 25.9 Å². The largest absolute Gasteiger partial charge is 0.480 e. The quantitative estimate of drug-likeness (QED) is 0.187. The van der Waals surface area contributed by atoms with Crippen LogP contribution in [0, 0.1) is 11.8 Å². The SMILES string of the molecule is CCC(C)C(NC(=O)C(CC(C)C)NC(=O)C(CCSC)NC(=O)C(N)Cc1cnc[nH]1)C(=O)O. The molecule has 0 aliphatic rings. The van der Waals surface area contributed by atoms with Crippen LogP contribution >= 0.6 is 11.8 Å². The summed E-state index contributed by atoms with van der Waals surface area (Å²) in [5.41, 5.74) is 6.70. The third kappa shape index (κ3) is 10.7. The average Bonchev–Trinajstić information content (AvgIpc) is 3.31. The second kappa shape index (κ2) is 15.4. The summed E-state index contributed by atoms with van der Waals surface area (Å²) in [5, 5.41) is 17.5. The smallest absolute Gasteiger partial charge is 0.326 e. The first-order valence-corrected chi connectivity index (χ1v) is 13.2. The summed E-state index contributed by atoms with van der Waals surface area (Å²) >= 11 is 1.52. The van der Waals surface area contributed by atoms with Crippen LogP contribution in [-0.4, -0.2) is 74.9 Å². The minimum absolute atomic E-state index is 0.0555. The fourth-order valence-electron chi connectivity index (χ4n) is 3.42. The zero-order chi connectivity index (χ0) is 26.5. The zero-order valence-electron chi connectivity index (χ0n) is 21.2. The molecule has 198 valence electrons. The van der Waals surface area contributed by atoms with E-state index in [9.17, 15) is 24.3 Å². The number of imidazole rings is 1. The number of carboxylic acids is 1. The van der Waals surface area contributed by atoms with Gasteiger partial charge in [-0.15, -0.1) is 0 Å². The summed E-state index contributed by atoms with van der Waals surface area (Å²) in [7, 11) is 0. The molecule has 5 atom stereocenters. The highest BCUT2D eigenvalue weighted by molar-refractivity contribution is 7.98.